The second kappa shape index (κ2) is 6.37. The van der Waals surface area contributed by atoms with Crippen molar-refractivity contribution in [2.24, 2.45) is 7.05 Å². The number of amides is 1. The summed E-state index contributed by atoms with van der Waals surface area (Å²) < 4.78 is 7.61. The van der Waals surface area contributed by atoms with Crippen molar-refractivity contribution in [2.75, 3.05) is 13.2 Å². The SMILES string of the molecule is Cc1c([C@H]2OCC[C@@H]2NC(=O)CNC(C)C)cnn1C. The van der Waals surface area contributed by atoms with E-state index in [9.17, 15) is 4.79 Å². The fourth-order valence-electron chi connectivity index (χ4n) is 2.39. The molecule has 2 N–H and O–H groups in total. The standard InChI is InChI=1S/C14H24N4O2/c1-9(2)15-8-13(19)17-12-5-6-20-14(12)11-7-16-18(4)10(11)3/h7,9,12,14-15H,5-6,8H2,1-4H3,(H,17,19)/t12-,14+/m0/s1. The molecule has 0 radical (unpaired) electrons. The normalized spacial score (nSPS) is 22.4. The number of ether oxygens (including phenoxy) is 1. The number of nitrogens with one attached hydrogen (secondary N) is 2. The van der Waals surface area contributed by atoms with Crippen LogP contribution in [0.2, 0.25) is 0 Å². The molecule has 1 aromatic heterocycles. The molecule has 1 aromatic rings. The van der Waals surface area contributed by atoms with E-state index in [0.717, 1.165) is 17.7 Å². The van der Waals surface area contributed by atoms with Crippen LogP contribution in [-0.4, -0.2) is 40.9 Å². The summed E-state index contributed by atoms with van der Waals surface area (Å²) in [5, 5.41) is 10.4. The van der Waals surface area contributed by atoms with Crippen molar-refractivity contribution in [3.63, 3.8) is 0 Å². The number of hydrogen-bond acceptors (Lipinski definition) is 4. The summed E-state index contributed by atoms with van der Waals surface area (Å²) in [4.78, 5) is 11.9. The highest BCUT2D eigenvalue weighted by Crippen LogP contribution is 2.30. The Morgan fingerprint density at radius 3 is 2.95 bits per heavy atom. The lowest BCUT2D eigenvalue weighted by Crippen LogP contribution is -2.43. The Labute approximate surface area is 119 Å². The Balaban J connectivity index is 1.97. The first-order valence-corrected chi connectivity index (χ1v) is 7.12. The molecule has 0 saturated carbocycles. The van der Waals surface area contributed by atoms with Gasteiger partial charge in [-0.3, -0.25) is 9.48 Å². The fourth-order valence-corrected chi connectivity index (χ4v) is 2.39. The summed E-state index contributed by atoms with van der Waals surface area (Å²) in [7, 11) is 1.91. The van der Waals surface area contributed by atoms with Gasteiger partial charge in [-0.25, -0.2) is 0 Å². The third-order valence-corrected chi connectivity index (χ3v) is 3.69. The van der Waals surface area contributed by atoms with Crippen LogP contribution in [0.5, 0.6) is 0 Å². The topological polar surface area (TPSA) is 68.2 Å². The number of carbonyl (C=O) groups is 1. The zero-order valence-corrected chi connectivity index (χ0v) is 12.6. The van der Waals surface area contributed by atoms with Gasteiger partial charge in [-0.05, 0) is 13.3 Å². The molecular formula is C14H24N4O2. The molecule has 20 heavy (non-hydrogen) atoms. The molecule has 0 unspecified atom stereocenters. The van der Waals surface area contributed by atoms with Crippen LogP contribution in [0.1, 0.15) is 37.6 Å². The summed E-state index contributed by atoms with van der Waals surface area (Å²) in [5.41, 5.74) is 2.14. The van der Waals surface area contributed by atoms with E-state index in [1.165, 1.54) is 0 Å². The molecule has 2 rings (SSSR count). The van der Waals surface area contributed by atoms with E-state index >= 15 is 0 Å². The van der Waals surface area contributed by atoms with Crippen LogP contribution < -0.4 is 10.6 Å². The first-order chi connectivity index (χ1) is 9.49. The van der Waals surface area contributed by atoms with E-state index in [1.54, 1.807) is 0 Å². The molecular weight excluding hydrogens is 256 g/mol. The molecule has 0 spiro atoms. The number of carbonyl (C=O) groups excluding carboxylic acids is 1. The smallest absolute Gasteiger partial charge is 0.234 e. The third-order valence-electron chi connectivity index (χ3n) is 3.69. The van der Waals surface area contributed by atoms with Crippen LogP contribution >= 0.6 is 0 Å². The molecule has 0 aromatic carbocycles. The summed E-state index contributed by atoms with van der Waals surface area (Å²) in [6, 6.07) is 0.330. The molecule has 1 aliphatic rings. The second-order valence-corrected chi connectivity index (χ2v) is 5.60. The van der Waals surface area contributed by atoms with Gasteiger partial charge in [-0.15, -0.1) is 0 Å². The molecule has 1 aliphatic heterocycles. The Morgan fingerprint density at radius 1 is 1.60 bits per heavy atom. The lowest BCUT2D eigenvalue weighted by molar-refractivity contribution is -0.121. The number of hydrogen-bond donors (Lipinski definition) is 2. The Bertz CT molecular complexity index is 470. The lowest BCUT2D eigenvalue weighted by atomic mass is 10.0. The van der Waals surface area contributed by atoms with Gasteiger partial charge in [-0.1, -0.05) is 13.8 Å². The van der Waals surface area contributed by atoms with Crippen molar-refractivity contribution in [1.82, 2.24) is 20.4 Å². The molecule has 1 fully saturated rings. The minimum absolute atomic E-state index is 0.0146. The predicted molar refractivity (Wildman–Crippen MR) is 76.3 cm³/mol. The zero-order chi connectivity index (χ0) is 14.7. The van der Waals surface area contributed by atoms with E-state index in [-0.39, 0.29) is 18.1 Å². The Morgan fingerprint density at radius 2 is 2.35 bits per heavy atom. The van der Waals surface area contributed by atoms with E-state index in [4.69, 9.17) is 4.74 Å². The monoisotopic (exact) mass is 280 g/mol. The second-order valence-electron chi connectivity index (χ2n) is 5.60. The van der Waals surface area contributed by atoms with Crippen LogP contribution in [0.15, 0.2) is 6.20 Å². The van der Waals surface area contributed by atoms with Crippen LogP contribution in [0, 0.1) is 6.92 Å². The van der Waals surface area contributed by atoms with Gasteiger partial charge in [0.2, 0.25) is 5.91 Å². The number of nitrogens with zero attached hydrogens (tertiary/aromatic N) is 2. The Hall–Kier alpha value is -1.40. The van der Waals surface area contributed by atoms with Crippen molar-refractivity contribution in [3.8, 4) is 0 Å². The minimum atomic E-state index is -0.0910. The van der Waals surface area contributed by atoms with Crippen LogP contribution in [0.25, 0.3) is 0 Å². The van der Waals surface area contributed by atoms with Crippen molar-refractivity contribution in [3.05, 3.63) is 17.5 Å². The van der Waals surface area contributed by atoms with Crippen LogP contribution in [0.3, 0.4) is 0 Å². The van der Waals surface area contributed by atoms with Gasteiger partial charge < -0.3 is 15.4 Å². The van der Waals surface area contributed by atoms with Crippen molar-refractivity contribution >= 4 is 5.91 Å². The summed E-state index contributed by atoms with van der Waals surface area (Å²) in [6.07, 6.45) is 2.58. The highest BCUT2D eigenvalue weighted by atomic mass is 16.5. The maximum atomic E-state index is 11.9. The fraction of sp³-hybridized carbons (Fsp3) is 0.714. The number of rotatable bonds is 5. The van der Waals surface area contributed by atoms with Crippen molar-refractivity contribution in [2.45, 2.75) is 45.4 Å². The molecule has 2 heterocycles. The number of aryl methyl sites for hydroxylation is 1. The van der Waals surface area contributed by atoms with Crippen molar-refractivity contribution in [1.29, 1.82) is 0 Å². The summed E-state index contributed by atoms with van der Waals surface area (Å²) in [5.74, 6) is 0.0146. The lowest BCUT2D eigenvalue weighted by Gasteiger charge is -2.20. The number of aromatic nitrogens is 2. The molecule has 1 amide bonds. The zero-order valence-electron chi connectivity index (χ0n) is 12.6. The molecule has 2 atom stereocenters. The summed E-state index contributed by atoms with van der Waals surface area (Å²) in [6.45, 7) is 7.07. The average molecular weight is 280 g/mol. The molecule has 1 saturated heterocycles. The van der Waals surface area contributed by atoms with Gasteiger partial charge in [0.25, 0.3) is 0 Å². The molecule has 6 nitrogen and oxygen atoms in total. The van der Waals surface area contributed by atoms with Gasteiger partial charge in [0.15, 0.2) is 0 Å². The molecule has 0 aliphatic carbocycles. The highest BCUT2D eigenvalue weighted by Gasteiger charge is 2.32. The third kappa shape index (κ3) is 3.37. The largest absolute Gasteiger partial charge is 0.371 e. The van der Waals surface area contributed by atoms with Crippen molar-refractivity contribution < 1.29 is 9.53 Å². The quantitative estimate of drug-likeness (QED) is 0.832. The minimum Gasteiger partial charge on any atom is -0.371 e. The first-order valence-electron chi connectivity index (χ1n) is 7.12. The van der Waals surface area contributed by atoms with Gasteiger partial charge in [0, 0.05) is 31.0 Å². The van der Waals surface area contributed by atoms with Gasteiger partial charge in [0.05, 0.1) is 18.8 Å². The van der Waals surface area contributed by atoms with E-state index in [2.05, 4.69) is 15.7 Å². The van der Waals surface area contributed by atoms with Crippen LogP contribution in [-0.2, 0) is 16.6 Å². The Kier molecular flexibility index (Phi) is 4.77. The van der Waals surface area contributed by atoms with Gasteiger partial charge in [-0.2, -0.15) is 5.10 Å². The maximum absolute atomic E-state index is 11.9. The predicted octanol–water partition coefficient (Wildman–Crippen LogP) is 0.673. The van der Waals surface area contributed by atoms with Gasteiger partial charge >= 0.3 is 0 Å². The molecule has 6 heteroatoms. The highest BCUT2D eigenvalue weighted by molar-refractivity contribution is 5.78. The van der Waals surface area contributed by atoms with E-state index in [0.29, 0.717) is 19.2 Å². The first kappa shape index (κ1) is 15.0. The average Bonchev–Trinajstić information content (AvgIpc) is 2.96. The molecule has 0 bridgehead atoms. The van der Waals surface area contributed by atoms with E-state index < -0.39 is 0 Å². The van der Waals surface area contributed by atoms with Crippen LogP contribution in [0.4, 0.5) is 0 Å². The van der Waals surface area contributed by atoms with E-state index in [1.807, 2.05) is 38.7 Å². The van der Waals surface area contributed by atoms with Gasteiger partial charge in [0.1, 0.15) is 6.10 Å². The maximum Gasteiger partial charge on any atom is 0.234 e. The summed E-state index contributed by atoms with van der Waals surface area (Å²) >= 11 is 0. The molecule has 112 valence electrons.